The smallest absolute Gasteiger partial charge is 0.250 e. The molecule has 0 saturated heterocycles. The van der Waals surface area contributed by atoms with Crippen molar-refractivity contribution in [3.8, 4) is 0 Å². The van der Waals surface area contributed by atoms with Gasteiger partial charge in [-0.15, -0.1) is 0 Å². The van der Waals surface area contributed by atoms with E-state index < -0.39 is 11.8 Å². The standard InChI is InChI=1S/C18H12N2O2/c19-17(21)13-8-11-5-4-9-2-1-3-10-6-7-12(15(11)14(9)10)16(13)18(20)22/h1-8H,(H2,19,21)(H2,20,22). The third-order valence-electron chi connectivity index (χ3n) is 4.16. The minimum atomic E-state index is -0.653. The molecule has 0 aliphatic carbocycles. The predicted octanol–water partition coefficient (Wildman–Crippen LogP) is 2.78. The van der Waals surface area contributed by atoms with Gasteiger partial charge in [-0.1, -0.05) is 42.5 Å². The summed E-state index contributed by atoms with van der Waals surface area (Å²) in [6.45, 7) is 0. The molecule has 106 valence electrons. The molecule has 0 fully saturated rings. The van der Waals surface area contributed by atoms with Gasteiger partial charge in [0.25, 0.3) is 0 Å². The molecule has 0 radical (unpaired) electrons. The van der Waals surface area contributed by atoms with E-state index in [0.717, 1.165) is 26.9 Å². The van der Waals surface area contributed by atoms with Gasteiger partial charge in [0.05, 0.1) is 11.1 Å². The number of primary amides is 2. The Morgan fingerprint density at radius 1 is 0.727 bits per heavy atom. The van der Waals surface area contributed by atoms with E-state index in [1.54, 1.807) is 6.07 Å². The average molecular weight is 288 g/mol. The van der Waals surface area contributed by atoms with Crippen LogP contribution in [-0.2, 0) is 0 Å². The van der Waals surface area contributed by atoms with Crippen LogP contribution >= 0.6 is 0 Å². The Labute approximate surface area is 125 Å². The monoisotopic (exact) mass is 288 g/mol. The summed E-state index contributed by atoms with van der Waals surface area (Å²) in [5.41, 5.74) is 11.3. The van der Waals surface area contributed by atoms with Crippen LogP contribution in [0, 0.1) is 0 Å². The van der Waals surface area contributed by atoms with Gasteiger partial charge in [0.2, 0.25) is 11.8 Å². The number of hydrogen-bond donors (Lipinski definition) is 2. The van der Waals surface area contributed by atoms with Crippen molar-refractivity contribution in [3.05, 3.63) is 59.7 Å². The highest BCUT2D eigenvalue weighted by atomic mass is 16.2. The maximum absolute atomic E-state index is 11.9. The van der Waals surface area contributed by atoms with Gasteiger partial charge in [-0.2, -0.15) is 0 Å². The number of carbonyl (C=O) groups is 2. The fraction of sp³-hybridized carbons (Fsp3) is 0. The van der Waals surface area contributed by atoms with Crippen LogP contribution in [0.25, 0.3) is 32.3 Å². The van der Waals surface area contributed by atoms with E-state index in [9.17, 15) is 9.59 Å². The van der Waals surface area contributed by atoms with E-state index in [-0.39, 0.29) is 11.1 Å². The summed E-state index contributed by atoms with van der Waals surface area (Å²) in [5.74, 6) is -1.30. The second-order valence-electron chi connectivity index (χ2n) is 5.38. The normalized spacial score (nSPS) is 11.5. The molecule has 4 nitrogen and oxygen atoms in total. The summed E-state index contributed by atoms with van der Waals surface area (Å²) < 4.78 is 0. The summed E-state index contributed by atoms with van der Waals surface area (Å²) in [6.07, 6.45) is 0. The number of benzene rings is 4. The fourth-order valence-corrected chi connectivity index (χ4v) is 3.27. The Morgan fingerprint density at radius 2 is 1.36 bits per heavy atom. The number of nitrogens with two attached hydrogens (primary N) is 2. The first-order chi connectivity index (χ1) is 10.6. The lowest BCUT2D eigenvalue weighted by Crippen LogP contribution is -2.21. The molecule has 0 aliphatic heterocycles. The van der Waals surface area contributed by atoms with Gasteiger partial charge in [0.15, 0.2) is 0 Å². The molecule has 0 unspecified atom stereocenters. The number of amides is 2. The Morgan fingerprint density at radius 3 is 2.00 bits per heavy atom. The number of rotatable bonds is 2. The molecule has 4 rings (SSSR count). The van der Waals surface area contributed by atoms with Gasteiger partial charge >= 0.3 is 0 Å². The van der Waals surface area contributed by atoms with E-state index in [1.807, 2.05) is 42.5 Å². The Hall–Kier alpha value is -3.14. The molecule has 0 spiro atoms. The topological polar surface area (TPSA) is 86.2 Å². The summed E-state index contributed by atoms with van der Waals surface area (Å²) in [4.78, 5) is 23.6. The molecular weight excluding hydrogens is 276 g/mol. The van der Waals surface area contributed by atoms with E-state index in [0.29, 0.717) is 5.39 Å². The van der Waals surface area contributed by atoms with Gasteiger partial charge in [0.1, 0.15) is 0 Å². The lowest BCUT2D eigenvalue weighted by Gasteiger charge is -2.14. The SMILES string of the molecule is NC(=O)c1cc2ccc3cccc4ccc(c1C(N)=O)c2c34. The van der Waals surface area contributed by atoms with Crippen molar-refractivity contribution in [3.63, 3.8) is 0 Å². The van der Waals surface area contributed by atoms with Crippen LogP contribution in [0.5, 0.6) is 0 Å². The number of hydrogen-bond acceptors (Lipinski definition) is 2. The molecule has 4 heteroatoms. The van der Waals surface area contributed by atoms with Gasteiger partial charge < -0.3 is 11.5 Å². The van der Waals surface area contributed by atoms with E-state index in [1.165, 1.54) is 0 Å². The molecule has 4 N–H and O–H groups in total. The molecule has 4 aromatic rings. The van der Waals surface area contributed by atoms with Crippen molar-refractivity contribution < 1.29 is 9.59 Å². The molecule has 0 aliphatic rings. The van der Waals surface area contributed by atoms with E-state index in [4.69, 9.17) is 11.5 Å². The zero-order valence-corrected chi connectivity index (χ0v) is 11.6. The fourth-order valence-electron chi connectivity index (χ4n) is 3.27. The predicted molar refractivity (Wildman–Crippen MR) is 87.2 cm³/mol. The first-order valence-corrected chi connectivity index (χ1v) is 6.88. The van der Waals surface area contributed by atoms with Gasteiger partial charge in [-0.3, -0.25) is 9.59 Å². The van der Waals surface area contributed by atoms with Crippen LogP contribution in [0.1, 0.15) is 20.7 Å². The molecule has 22 heavy (non-hydrogen) atoms. The van der Waals surface area contributed by atoms with Crippen LogP contribution in [0.4, 0.5) is 0 Å². The quantitative estimate of drug-likeness (QED) is 0.556. The second-order valence-corrected chi connectivity index (χ2v) is 5.38. The minimum absolute atomic E-state index is 0.165. The van der Waals surface area contributed by atoms with E-state index in [2.05, 4.69) is 0 Å². The first-order valence-electron chi connectivity index (χ1n) is 6.88. The van der Waals surface area contributed by atoms with Crippen molar-refractivity contribution in [1.29, 1.82) is 0 Å². The van der Waals surface area contributed by atoms with Crippen LogP contribution < -0.4 is 11.5 Å². The maximum atomic E-state index is 11.9. The van der Waals surface area contributed by atoms with Crippen molar-refractivity contribution >= 4 is 44.1 Å². The van der Waals surface area contributed by atoms with Crippen LogP contribution in [-0.4, -0.2) is 11.8 Å². The van der Waals surface area contributed by atoms with Crippen LogP contribution in [0.15, 0.2) is 48.5 Å². The molecular formula is C18H12N2O2. The zero-order chi connectivity index (χ0) is 15.4. The zero-order valence-electron chi connectivity index (χ0n) is 11.6. The summed E-state index contributed by atoms with van der Waals surface area (Å²) in [7, 11) is 0. The Kier molecular flexibility index (Phi) is 2.39. The highest BCUT2D eigenvalue weighted by Crippen LogP contribution is 2.37. The van der Waals surface area contributed by atoms with E-state index >= 15 is 0 Å². The molecule has 0 aromatic heterocycles. The highest BCUT2D eigenvalue weighted by Gasteiger charge is 2.20. The summed E-state index contributed by atoms with van der Waals surface area (Å²) in [5, 5.41) is 5.71. The van der Waals surface area contributed by atoms with Gasteiger partial charge in [-0.05, 0) is 38.4 Å². The van der Waals surface area contributed by atoms with Crippen LogP contribution in [0.3, 0.4) is 0 Å². The summed E-state index contributed by atoms with van der Waals surface area (Å²) in [6, 6.07) is 15.4. The minimum Gasteiger partial charge on any atom is -0.366 e. The molecule has 0 atom stereocenters. The first kappa shape index (κ1) is 12.6. The number of carbonyl (C=O) groups excluding carboxylic acids is 2. The molecule has 0 bridgehead atoms. The average Bonchev–Trinajstić information content (AvgIpc) is 2.51. The van der Waals surface area contributed by atoms with Crippen molar-refractivity contribution in [2.75, 3.05) is 0 Å². The molecule has 2 amide bonds. The lowest BCUT2D eigenvalue weighted by atomic mass is 9.89. The molecule has 0 saturated carbocycles. The Bertz CT molecular complexity index is 1070. The molecule has 4 aromatic carbocycles. The summed E-state index contributed by atoms with van der Waals surface area (Å²) >= 11 is 0. The molecule has 0 heterocycles. The maximum Gasteiger partial charge on any atom is 0.250 e. The lowest BCUT2D eigenvalue weighted by molar-refractivity contribution is 0.0968. The Balaban J connectivity index is 2.36. The van der Waals surface area contributed by atoms with Gasteiger partial charge in [0, 0.05) is 0 Å². The third-order valence-corrected chi connectivity index (χ3v) is 4.16. The van der Waals surface area contributed by atoms with Gasteiger partial charge in [-0.25, -0.2) is 0 Å². The second kappa shape index (κ2) is 4.18. The van der Waals surface area contributed by atoms with Crippen molar-refractivity contribution in [2.45, 2.75) is 0 Å². The van der Waals surface area contributed by atoms with Crippen LogP contribution in [0.2, 0.25) is 0 Å². The van der Waals surface area contributed by atoms with Crippen molar-refractivity contribution in [1.82, 2.24) is 0 Å². The van der Waals surface area contributed by atoms with Crippen molar-refractivity contribution in [2.24, 2.45) is 11.5 Å². The third kappa shape index (κ3) is 1.52. The highest BCUT2D eigenvalue weighted by molar-refractivity contribution is 6.28. The largest absolute Gasteiger partial charge is 0.366 e.